The number of nitrogens with one attached hydrogen (secondary N) is 2. The van der Waals surface area contributed by atoms with Crippen molar-refractivity contribution in [1.82, 2.24) is 5.32 Å². The van der Waals surface area contributed by atoms with Gasteiger partial charge in [0.15, 0.2) is 11.5 Å². The van der Waals surface area contributed by atoms with Crippen molar-refractivity contribution in [3.05, 3.63) is 48.0 Å². The molecule has 7 nitrogen and oxygen atoms in total. The molecule has 2 N–H and O–H groups in total. The van der Waals surface area contributed by atoms with Crippen LogP contribution in [0.5, 0.6) is 17.2 Å². The zero-order chi connectivity index (χ0) is 17.2. The molecule has 7 heteroatoms. The summed E-state index contributed by atoms with van der Waals surface area (Å²) < 4.78 is 16.0. The van der Waals surface area contributed by atoms with E-state index in [1.54, 1.807) is 18.2 Å². The van der Waals surface area contributed by atoms with Crippen LogP contribution in [0.1, 0.15) is 18.0 Å². The normalized spacial score (nSPS) is 17.2. The minimum Gasteiger partial charge on any atom is -0.493 e. The molecule has 2 aliphatic rings. The summed E-state index contributed by atoms with van der Waals surface area (Å²) in [6.07, 6.45) is 0.611. The number of hydrogen-bond donors (Lipinski definition) is 2. The topological polar surface area (TPSA) is 85.9 Å². The summed E-state index contributed by atoms with van der Waals surface area (Å²) in [5.74, 6) is 0.454. The smallest absolute Gasteiger partial charge is 0.313 e. The van der Waals surface area contributed by atoms with Crippen LogP contribution in [-0.4, -0.2) is 25.2 Å². The largest absolute Gasteiger partial charge is 0.493 e. The van der Waals surface area contributed by atoms with E-state index in [4.69, 9.17) is 14.2 Å². The number of fused-ring (bicyclic) bond motifs is 2. The SMILES string of the molecule is O=C(Nc1ccc2c(c1)OCO2)C(=O)N[C@H]1CCOc2ccccc21. The fourth-order valence-corrected chi connectivity index (χ4v) is 2.88. The second-order valence-corrected chi connectivity index (χ2v) is 5.72. The highest BCUT2D eigenvalue weighted by atomic mass is 16.7. The van der Waals surface area contributed by atoms with E-state index in [9.17, 15) is 9.59 Å². The lowest BCUT2D eigenvalue weighted by atomic mass is 10.0. The van der Waals surface area contributed by atoms with Crippen LogP contribution in [0.2, 0.25) is 0 Å². The van der Waals surface area contributed by atoms with Gasteiger partial charge < -0.3 is 24.8 Å². The Labute approximate surface area is 143 Å². The first-order valence-corrected chi connectivity index (χ1v) is 7.94. The Kier molecular flexibility index (Phi) is 3.89. The molecule has 0 spiro atoms. The van der Waals surface area contributed by atoms with Crippen molar-refractivity contribution in [2.24, 2.45) is 0 Å². The summed E-state index contributed by atoms with van der Waals surface area (Å²) in [6, 6.07) is 12.2. The first-order chi connectivity index (χ1) is 12.2. The highest BCUT2D eigenvalue weighted by Crippen LogP contribution is 2.34. The third kappa shape index (κ3) is 3.08. The summed E-state index contributed by atoms with van der Waals surface area (Å²) in [6.45, 7) is 0.641. The Bertz CT molecular complexity index is 836. The predicted octanol–water partition coefficient (Wildman–Crippen LogP) is 1.99. The molecule has 1 atom stereocenters. The van der Waals surface area contributed by atoms with Crippen molar-refractivity contribution < 1.29 is 23.8 Å². The van der Waals surface area contributed by atoms with Gasteiger partial charge in [-0.05, 0) is 18.2 Å². The zero-order valence-corrected chi connectivity index (χ0v) is 13.3. The van der Waals surface area contributed by atoms with Crippen molar-refractivity contribution in [3.63, 3.8) is 0 Å². The summed E-state index contributed by atoms with van der Waals surface area (Å²) in [5, 5.41) is 5.33. The van der Waals surface area contributed by atoms with Crippen LogP contribution in [0, 0.1) is 0 Å². The molecule has 2 amide bonds. The molecule has 0 unspecified atom stereocenters. The molecule has 2 aromatic rings. The van der Waals surface area contributed by atoms with Gasteiger partial charge in [0, 0.05) is 23.7 Å². The van der Waals surface area contributed by atoms with Crippen molar-refractivity contribution in [2.75, 3.05) is 18.7 Å². The molecule has 0 saturated carbocycles. The highest BCUT2D eigenvalue weighted by molar-refractivity contribution is 6.39. The number of ether oxygens (including phenoxy) is 3. The second-order valence-electron chi connectivity index (χ2n) is 5.72. The van der Waals surface area contributed by atoms with Gasteiger partial charge in [0.05, 0.1) is 12.6 Å². The minimum atomic E-state index is -0.733. The van der Waals surface area contributed by atoms with Gasteiger partial charge in [-0.3, -0.25) is 9.59 Å². The van der Waals surface area contributed by atoms with E-state index < -0.39 is 11.8 Å². The third-order valence-corrected chi connectivity index (χ3v) is 4.10. The van der Waals surface area contributed by atoms with Gasteiger partial charge in [-0.1, -0.05) is 18.2 Å². The summed E-state index contributed by atoms with van der Waals surface area (Å²) >= 11 is 0. The molecule has 0 fully saturated rings. The molecule has 0 aliphatic carbocycles. The van der Waals surface area contributed by atoms with Gasteiger partial charge in [-0.25, -0.2) is 0 Å². The van der Waals surface area contributed by atoms with Crippen molar-refractivity contribution >= 4 is 17.5 Å². The number of anilines is 1. The first kappa shape index (κ1) is 15.3. The van der Waals surface area contributed by atoms with Crippen LogP contribution in [0.15, 0.2) is 42.5 Å². The molecule has 0 saturated heterocycles. The van der Waals surface area contributed by atoms with Crippen LogP contribution < -0.4 is 24.8 Å². The molecule has 25 heavy (non-hydrogen) atoms. The predicted molar refractivity (Wildman–Crippen MR) is 88.6 cm³/mol. The van der Waals surface area contributed by atoms with E-state index in [1.165, 1.54) is 0 Å². The third-order valence-electron chi connectivity index (χ3n) is 4.10. The van der Waals surface area contributed by atoms with Crippen molar-refractivity contribution in [2.45, 2.75) is 12.5 Å². The fourth-order valence-electron chi connectivity index (χ4n) is 2.88. The van der Waals surface area contributed by atoms with E-state index in [0.29, 0.717) is 30.2 Å². The first-order valence-electron chi connectivity index (χ1n) is 7.94. The molecule has 2 aromatic carbocycles. The van der Waals surface area contributed by atoms with Crippen molar-refractivity contribution in [3.8, 4) is 17.2 Å². The number of para-hydroxylation sites is 1. The molecule has 0 radical (unpaired) electrons. The Balaban J connectivity index is 1.42. The lowest BCUT2D eigenvalue weighted by molar-refractivity contribution is -0.136. The minimum absolute atomic E-state index is 0.149. The lowest BCUT2D eigenvalue weighted by Gasteiger charge is -2.26. The van der Waals surface area contributed by atoms with Gasteiger partial charge >= 0.3 is 11.8 Å². The van der Waals surface area contributed by atoms with Crippen LogP contribution in [0.25, 0.3) is 0 Å². The molecule has 2 heterocycles. The maximum absolute atomic E-state index is 12.2. The van der Waals surface area contributed by atoms with Crippen LogP contribution in [0.3, 0.4) is 0 Å². The number of amides is 2. The summed E-state index contributed by atoms with van der Waals surface area (Å²) in [5.41, 5.74) is 1.34. The maximum Gasteiger partial charge on any atom is 0.313 e. The highest BCUT2D eigenvalue weighted by Gasteiger charge is 2.25. The average molecular weight is 340 g/mol. The second kappa shape index (κ2) is 6.35. The molecular weight excluding hydrogens is 324 g/mol. The Hall–Kier alpha value is -3.22. The number of carbonyl (C=O) groups excluding carboxylic acids is 2. The number of rotatable bonds is 2. The summed E-state index contributed by atoms with van der Waals surface area (Å²) in [7, 11) is 0. The van der Waals surface area contributed by atoms with Crippen LogP contribution in [-0.2, 0) is 9.59 Å². The summed E-state index contributed by atoms with van der Waals surface area (Å²) in [4.78, 5) is 24.4. The van der Waals surface area contributed by atoms with E-state index in [0.717, 1.165) is 11.3 Å². The number of carbonyl (C=O) groups is 2. The van der Waals surface area contributed by atoms with Crippen molar-refractivity contribution in [1.29, 1.82) is 0 Å². The molecule has 2 aliphatic heterocycles. The molecule has 4 rings (SSSR count). The van der Waals surface area contributed by atoms with Gasteiger partial charge in [0.25, 0.3) is 0 Å². The fraction of sp³-hybridized carbons (Fsp3) is 0.222. The quantitative estimate of drug-likeness (QED) is 0.817. The Morgan fingerprint density at radius 2 is 1.76 bits per heavy atom. The number of benzene rings is 2. The van der Waals surface area contributed by atoms with E-state index >= 15 is 0 Å². The van der Waals surface area contributed by atoms with Gasteiger partial charge in [0.1, 0.15) is 5.75 Å². The Morgan fingerprint density at radius 1 is 0.920 bits per heavy atom. The zero-order valence-electron chi connectivity index (χ0n) is 13.3. The van der Waals surface area contributed by atoms with Gasteiger partial charge in [-0.2, -0.15) is 0 Å². The van der Waals surface area contributed by atoms with Gasteiger partial charge in [0.2, 0.25) is 6.79 Å². The maximum atomic E-state index is 12.2. The Morgan fingerprint density at radius 3 is 2.68 bits per heavy atom. The van der Waals surface area contributed by atoms with Crippen LogP contribution >= 0.6 is 0 Å². The molecular formula is C18H16N2O5. The molecule has 128 valence electrons. The molecule has 0 aromatic heterocycles. The van der Waals surface area contributed by atoms with Crippen LogP contribution in [0.4, 0.5) is 5.69 Å². The lowest BCUT2D eigenvalue weighted by Crippen LogP contribution is -2.39. The average Bonchev–Trinajstić information content (AvgIpc) is 3.10. The monoisotopic (exact) mass is 340 g/mol. The van der Waals surface area contributed by atoms with Gasteiger partial charge in [-0.15, -0.1) is 0 Å². The standard InChI is InChI=1S/C18H16N2O5/c21-17(19-11-5-6-15-16(9-11)25-10-24-15)18(22)20-13-7-8-23-14-4-2-1-3-12(13)14/h1-6,9,13H,7-8,10H2,(H,19,21)(H,20,22)/t13-/m0/s1. The van der Waals surface area contributed by atoms with E-state index in [2.05, 4.69) is 10.6 Å². The van der Waals surface area contributed by atoms with E-state index in [1.807, 2.05) is 24.3 Å². The van der Waals surface area contributed by atoms with E-state index in [-0.39, 0.29) is 12.8 Å². The molecule has 0 bridgehead atoms. The number of hydrogen-bond acceptors (Lipinski definition) is 5.